The molecule has 1 amide bonds. The van der Waals surface area contributed by atoms with Crippen molar-refractivity contribution in [3.05, 3.63) is 54.5 Å². The van der Waals surface area contributed by atoms with Gasteiger partial charge in [-0.1, -0.05) is 30.3 Å². The summed E-state index contributed by atoms with van der Waals surface area (Å²) in [5, 5.41) is 2.58. The molecule has 0 aliphatic carbocycles. The van der Waals surface area contributed by atoms with Gasteiger partial charge in [-0.2, -0.15) is 0 Å². The smallest absolute Gasteiger partial charge is 0.410 e. The van der Waals surface area contributed by atoms with Crippen molar-refractivity contribution in [2.24, 2.45) is 0 Å². The number of carbonyl (C=O) groups is 1. The molecule has 2 aromatic carbocycles. The predicted molar refractivity (Wildman–Crippen MR) is 122 cm³/mol. The molecule has 1 saturated heterocycles. The third kappa shape index (κ3) is 3.45. The van der Waals surface area contributed by atoms with Crippen LogP contribution in [-0.2, 0) is 4.74 Å². The second-order valence-corrected chi connectivity index (χ2v) is 9.91. The normalized spacial score (nSPS) is 17.2. The molecule has 1 aliphatic heterocycles. The highest BCUT2D eigenvalue weighted by Gasteiger charge is 2.34. The Kier molecular flexibility index (Phi) is 4.54. The average molecular weight is 420 g/mol. The second-order valence-electron chi connectivity index (χ2n) is 8.82. The van der Waals surface area contributed by atoms with Crippen LogP contribution in [0.3, 0.4) is 0 Å². The SMILES string of the molecule is CC(C)(C)OC(=O)N1CCCC1c1ncc(-c2ccc3c(c2)sc2ccccc23)[nH]1. The van der Waals surface area contributed by atoms with Gasteiger partial charge in [0.05, 0.1) is 17.9 Å². The number of hydrogen-bond donors (Lipinski definition) is 1. The molecule has 0 bridgehead atoms. The Morgan fingerprint density at radius 2 is 1.97 bits per heavy atom. The Bertz CT molecular complexity index is 1230. The average Bonchev–Trinajstić information content (AvgIpc) is 3.43. The van der Waals surface area contributed by atoms with Crippen molar-refractivity contribution in [3.8, 4) is 11.3 Å². The van der Waals surface area contributed by atoms with Gasteiger partial charge in [0.2, 0.25) is 0 Å². The maximum Gasteiger partial charge on any atom is 0.410 e. The fourth-order valence-corrected chi connectivity index (χ4v) is 5.28. The summed E-state index contributed by atoms with van der Waals surface area (Å²) in [6.07, 6.45) is 3.44. The molecule has 0 radical (unpaired) electrons. The minimum absolute atomic E-state index is 0.0679. The van der Waals surface area contributed by atoms with Gasteiger partial charge >= 0.3 is 6.09 Å². The fourth-order valence-electron chi connectivity index (χ4n) is 4.14. The number of nitrogens with one attached hydrogen (secondary N) is 1. The maximum atomic E-state index is 12.6. The molecule has 1 unspecified atom stereocenters. The Hall–Kier alpha value is -2.86. The van der Waals surface area contributed by atoms with Crippen molar-refractivity contribution < 1.29 is 9.53 Å². The number of imidazole rings is 1. The monoisotopic (exact) mass is 419 g/mol. The van der Waals surface area contributed by atoms with E-state index in [-0.39, 0.29) is 12.1 Å². The fraction of sp³-hybridized carbons (Fsp3) is 0.333. The lowest BCUT2D eigenvalue weighted by Gasteiger charge is -2.27. The molecule has 154 valence electrons. The van der Waals surface area contributed by atoms with Crippen LogP contribution in [0.25, 0.3) is 31.4 Å². The molecule has 0 spiro atoms. The van der Waals surface area contributed by atoms with Gasteiger partial charge in [-0.25, -0.2) is 9.78 Å². The van der Waals surface area contributed by atoms with Crippen molar-refractivity contribution in [1.29, 1.82) is 0 Å². The number of nitrogens with zero attached hydrogens (tertiary/aromatic N) is 2. The third-order valence-electron chi connectivity index (χ3n) is 5.48. The first-order chi connectivity index (χ1) is 14.4. The zero-order valence-corrected chi connectivity index (χ0v) is 18.3. The summed E-state index contributed by atoms with van der Waals surface area (Å²) in [5.74, 6) is 0.824. The van der Waals surface area contributed by atoms with Crippen LogP contribution in [0, 0.1) is 0 Å². The van der Waals surface area contributed by atoms with Gasteiger partial charge in [-0.05, 0) is 45.7 Å². The van der Waals surface area contributed by atoms with E-state index in [1.807, 2.05) is 38.3 Å². The van der Waals surface area contributed by atoms with Crippen molar-refractivity contribution in [3.63, 3.8) is 0 Å². The molecule has 5 rings (SSSR count). The van der Waals surface area contributed by atoms with E-state index in [2.05, 4.69) is 52.4 Å². The van der Waals surface area contributed by atoms with Crippen LogP contribution in [-0.4, -0.2) is 33.1 Å². The van der Waals surface area contributed by atoms with Gasteiger partial charge in [0, 0.05) is 32.3 Å². The topological polar surface area (TPSA) is 58.2 Å². The van der Waals surface area contributed by atoms with Crippen LogP contribution in [0.15, 0.2) is 48.7 Å². The quantitative estimate of drug-likeness (QED) is 0.402. The van der Waals surface area contributed by atoms with E-state index in [4.69, 9.17) is 4.74 Å². The maximum absolute atomic E-state index is 12.6. The summed E-state index contributed by atoms with van der Waals surface area (Å²) < 4.78 is 8.15. The Morgan fingerprint density at radius 1 is 1.17 bits per heavy atom. The van der Waals surface area contributed by atoms with E-state index in [1.54, 1.807) is 4.90 Å². The molecular weight excluding hydrogens is 394 g/mol. The molecular formula is C24H25N3O2S. The minimum Gasteiger partial charge on any atom is -0.444 e. The molecule has 6 heteroatoms. The second kappa shape index (κ2) is 7.13. The van der Waals surface area contributed by atoms with Crippen molar-refractivity contribution in [2.45, 2.75) is 45.3 Å². The predicted octanol–water partition coefficient (Wildman–Crippen LogP) is 6.52. The van der Waals surface area contributed by atoms with E-state index in [0.717, 1.165) is 29.9 Å². The zero-order chi connectivity index (χ0) is 20.9. The van der Waals surface area contributed by atoms with Crippen LogP contribution < -0.4 is 0 Å². The van der Waals surface area contributed by atoms with Crippen LogP contribution in [0.5, 0.6) is 0 Å². The summed E-state index contributed by atoms with van der Waals surface area (Å²) >= 11 is 1.81. The van der Waals surface area contributed by atoms with Crippen molar-refractivity contribution in [1.82, 2.24) is 14.9 Å². The highest BCUT2D eigenvalue weighted by molar-refractivity contribution is 7.25. The van der Waals surface area contributed by atoms with Crippen LogP contribution in [0.1, 0.15) is 45.5 Å². The Labute approximate surface area is 179 Å². The number of thiophene rings is 1. The number of H-pyrrole nitrogens is 1. The molecule has 4 aromatic rings. The van der Waals surface area contributed by atoms with Gasteiger partial charge in [0.25, 0.3) is 0 Å². The number of carbonyl (C=O) groups excluding carboxylic acids is 1. The van der Waals surface area contributed by atoms with Gasteiger partial charge in [0.15, 0.2) is 0 Å². The first kappa shape index (κ1) is 19.1. The number of fused-ring (bicyclic) bond motifs is 3. The number of amides is 1. The molecule has 0 saturated carbocycles. The summed E-state index contributed by atoms with van der Waals surface area (Å²) in [5.41, 5.74) is 1.58. The third-order valence-corrected chi connectivity index (χ3v) is 6.62. The lowest BCUT2D eigenvalue weighted by molar-refractivity contribution is 0.0219. The van der Waals surface area contributed by atoms with E-state index in [1.165, 1.54) is 20.2 Å². The van der Waals surface area contributed by atoms with Gasteiger partial charge in [-0.15, -0.1) is 11.3 Å². The highest BCUT2D eigenvalue weighted by atomic mass is 32.1. The van der Waals surface area contributed by atoms with Crippen LogP contribution >= 0.6 is 11.3 Å². The number of hydrogen-bond acceptors (Lipinski definition) is 4. The highest BCUT2D eigenvalue weighted by Crippen LogP contribution is 2.37. The molecule has 2 aromatic heterocycles. The first-order valence-corrected chi connectivity index (χ1v) is 11.2. The number of ether oxygens (including phenoxy) is 1. The molecule has 3 heterocycles. The molecule has 1 atom stereocenters. The van der Waals surface area contributed by atoms with E-state index in [9.17, 15) is 4.79 Å². The number of aromatic amines is 1. The van der Waals surface area contributed by atoms with Gasteiger partial charge < -0.3 is 9.72 Å². The van der Waals surface area contributed by atoms with E-state index >= 15 is 0 Å². The van der Waals surface area contributed by atoms with Crippen LogP contribution in [0.2, 0.25) is 0 Å². The van der Waals surface area contributed by atoms with E-state index in [0.29, 0.717) is 6.54 Å². The largest absolute Gasteiger partial charge is 0.444 e. The lowest BCUT2D eigenvalue weighted by atomic mass is 10.1. The zero-order valence-electron chi connectivity index (χ0n) is 17.4. The summed E-state index contributed by atoms with van der Waals surface area (Å²) in [6.45, 7) is 6.38. The number of rotatable bonds is 2. The Balaban J connectivity index is 1.43. The molecule has 1 N–H and O–H groups in total. The number of aromatic nitrogens is 2. The Morgan fingerprint density at radius 3 is 2.80 bits per heavy atom. The van der Waals surface area contributed by atoms with Gasteiger partial charge in [-0.3, -0.25) is 4.90 Å². The van der Waals surface area contributed by atoms with Crippen molar-refractivity contribution >= 4 is 37.6 Å². The summed E-state index contributed by atoms with van der Waals surface area (Å²) in [4.78, 5) is 22.5. The lowest BCUT2D eigenvalue weighted by Crippen LogP contribution is -2.36. The number of benzene rings is 2. The molecule has 30 heavy (non-hydrogen) atoms. The first-order valence-electron chi connectivity index (χ1n) is 10.4. The van der Waals surface area contributed by atoms with E-state index < -0.39 is 5.60 Å². The van der Waals surface area contributed by atoms with Crippen molar-refractivity contribution in [2.75, 3.05) is 6.54 Å². The standard InChI is InChI=1S/C24H25N3O2S/c1-24(2,3)29-23(28)27-12-6-8-19(27)22-25-14-18(26-22)15-10-11-17-16-7-4-5-9-20(16)30-21(17)13-15/h4-5,7,9-11,13-14,19H,6,8,12H2,1-3H3,(H,25,26). The minimum atomic E-state index is -0.502. The van der Waals surface area contributed by atoms with Gasteiger partial charge in [0.1, 0.15) is 11.4 Å². The molecule has 5 nitrogen and oxygen atoms in total. The summed E-state index contributed by atoms with van der Waals surface area (Å²) in [6, 6.07) is 15.0. The molecule has 1 fully saturated rings. The summed E-state index contributed by atoms with van der Waals surface area (Å²) in [7, 11) is 0. The number of likely N-dealkylation sites (tertiary alicyclic amines) is 1. The molecule has 1 aliphatic rings. The van der Waals surface area contributed by atoms with Crippen LogP contribution in [0.4, 0.5) is 4.79 Å².